The van der Waals surface area contributed by atoms with Crippen molar-refractivity contribution in [2.24, 2.45) is 0 Å². The van der Waals surface area contributed by atoms with Crippen molar-refractivity contribution < 1.29 is 9.47 Å². The van der Waals surface area contributed by atoms with Crippen LogP contribution in [0.5, 0.6) is 11.5 Å². The molecule has 1 aliphatic heterocycles. The topological polar surface area (TPSA) is 30.5 Å². The van der Waals surface area contributed by atoms with Crippen LogP contribution in [-0.2, 0) is 6.54 Å². The second-order valence-corrected chi connectivity index (χ2v) is 5.65. The molecule has 0 aromatic heterocycles. The Labute approximate surface area is 127 Å². The van der Waals surface area contributed by atoms with Gasteiger partial charge in [-0.25, -0.2) is 0 Å². The molecule has 1 aliphatic rings. The molecule has 0 amide bonds. The highest BCUT2D eigenvalue weighted by Gasteiger charge is 2.11. The third kappa shape index (κ3) is 2.90. The minimum Gasteiger partial charge on any atom is -0.486 e. The van der Waals surface area contributed by atoms with Crippen molar-refractivity contribution in [3.8, 4) is 11.5 Å². The fourth-order valence-electron chi connectivity index (χ4n) is 2.16. The summed E-state index contributed by atoms with van der Waals surface area (Å²) in [6, 6.07) is 12.3. The summed E-state index contributed by atoms with van der Waals surface area (Å²) in [6.45, 7) is 4.09. The Kier molecular flexibility index (Phi) is 3.83. The predicted molar refractivity (Wildman–Crippen MR) is 83.6 cm³/mol. The van der Waals surface area contributed by atoms with Gasteiger partial charge in [0.15, 0.2) is 11.5 Å². The summed E-state index contributed by atoms with van der Waals surface area (Å²) in [4.78, 5) is 0. The molecule has 3 nitrogen and oxygen atoms in total. The highest BCUT2D eigenvalue weighted by molar-refractivity contribution is 9.10. The zero-order valence-electron chi connectivity index (χ0n) is 11.3. The molecule has 2 aromatic carbocycles. The number of hydrogen-bond acceptors (Lipinski definition) is 3. The van der Waals surface area contributed by atoms with Gasteiger partial charge >= 0.3 is 0 Å². The Morgan fingerprint density at radius 2 is 1.85 bits per heavy atom. The van der Waals surface area contributed by atoms with Crippen LogP contribution in [0.1, 0.15) is 11.1 Å². The number of fused-ring (bicyclic) bond motifs is 1. The van der Waals surface area contributed by atoms with E-state index in [4.69, 9.17) is 9.47 Å². The second kappa shape index (κ2) is 5.75. The lowest BCUT2D eigenvalue weighted by molar-refractivity contribution is 0.171. The van der Waals surface area contributed by atoms with Crippen molar-refractivity contribution >= 4 is 21.6 Å². The number of benzene rings is 2. The standard InChI is InChI=1S/C16H16BrNO2/c1-11-8-13(3-4-14(11)17)18-10-12-2-5-15-16(9-12)20-7-6-19-15/h2-5,8-9,18H,6-7,10H2,1H3. The Morgan fingerprint density at radius 3 is 2.65 bits per heavy atom. The van der Waals surface area contributed by atoms with Gasteiger partial charge in [-0.3, -0.25) is 0 Å². The lowest BCUT2D eigenvalue weighted by atomic mass is 10.1. The van der Waals surface area contributed by atoms with Crippen molar-refractivity contribution in [1.29, 1.82) is 0 Å². The van der Waals surface area contributed by atoms with E-state index >= 15 is 0 Å². The SMILES string of the molecule is Cc1cc(NCc2ccc3c(c2)OCCO3)ccc1Br. The molecule has 0 aliphatic carbocycles. The summed E-state index contributed by atoms with van der Waals surface area (Å²) in [5.74, 6) is 1.67. The van der Waals surface area contributed by atoms with E-state index in [1.165, 1.54) is 11.1 Å². The van der Waals surface area contributed by atoms with Gasteiger partial charge in [0.05, 0.1) is 0 Å². The third-order valence-corrected chi connectivity index (χ3v) is 4.15. The van der Waals surface area contributed by atoms with Gasteiger partial charge in [-0.05, 0) is 48.4 Å². The number of nitrogens with one attached hydrogen (secondary N) is 1. The normalized spacial score (nSPS) is 13.1. The smallest absolute Gasteiger partial charge is 0.161 e. The maximum Gasteiger partial charge on any atom is 0.161 e. The molecule has 20 heavy (non-hydrogen) atoms. The van der Waals surface area contributed by atoms with Crippen LogP contribution in [0.25, 0.3) is 0 Å². The van der Waals surface area contributed by atoms with Crippen LogP contribution in [0, 0.1) is 6.92 Å². The van der Waals surface area contributed by atoms with Gasteiger partial charge in [-0.15, -0.1) is 0 Å². The molecule has 0 fully saturated rings. The zero-order chi connectivity index (χ0) is 13.9. The second-order valence-electron chi connectivity index (χ2n) is 4.80. The number of ether oxygens (including phenoxy) is 2. The Hall–Kier alpha value is -1.68. The molecule has 3 rings (SSSR count). The lowest BCUT2D eigenvalue weighted by Gasteiger charge is -2.19. The van der Waals surface area contributed by atoms with Crippen LogP contribution >= 0.6 is 15.9 Å². The number of anilines is 1. The van der Waals surface area contributed by atoms with Gasteiger partial charge in [0.25, 0.3) is 0 Å². The van der Waals surface area contributed by atoms with E-state index in [1.54, 1.807) is 0 Å². The molecular formula is C16H16BrNO2. The molecule has 0 saturated heterocycles. The zero-order valence-corrected chi connectivity index (χ0v) is 12.9. The van der Waals surface area contributed by atoms with Gasteiger partial charge < -0.3 is 14.8 Å². The largest absolute Gasteiger partial charge is 0.486 e. The van der Waals surface area contributed by atoms with Crippen LogP contribution in [0.4, 0.5) is 5.69 Å². The van der Waals surface area contributed by atoms with Crippen LogP contribution in [0.15, 0.2) is 40.9 Å². The molecule has 0 saturated carbocycles. The van der Waals surface area contributed by atoms with Crippen LogP contribution in [0.3, 0.4) is 0 Å². The fourth-order valence-corrected chi connectivity index (χ4v) is 2.40. The van der Waals surface area contributed by atoms with Crippen molar-refractivity contribution in [1.82, 2.24) is 0 Å². The minimum atomic E-state index is 0.621. The minimum absolute atomic E-state index is 0.621. The van der Waals surface area contributed by atoms with E-state index in [1.807, 2.05) is 12.1 Å². The van der Waals surface area contributed by atoms with Gasteiger partial charge in [0, 0.05) is 16.7 Å². The Bertz CT molecular complexity index is 628. The van der Waals surface area contributed by atoms with Crippen molar-refractivity contribution in [2.45, 2.75) is 13.5 Å². The molecule has 0 spiro atoms. The molecule has 104 valence electrons. The first-order valence-electron chi connectivity index (χ1n) is 6.61. The number of halogens is 1. The summed E-state index contributed by atoms with van der Waals surface area (Å²) < 4.78 is 12.2. The summed E-state index contributed by atoms with van der Waals surface area (Å²) >= 11 is 3.51. The van der Waals surface area contributed by atoms with E-state index in [0.29, 0.717) is 13.2 Å². The predicted octanol–water partition coefficient (Wildman–Crippen LogP) is 4.14. The van der Waals surface area contributed by atoms with Crippen molar-refractivity contribution in [3.63, 3.8) is 0 Å². The van der Waals surface area contributed by atoms with E-state index in [2.05, 4.69) is 52.4 Å². The summed E-state index contributed by atoms with van der Waals surface area (Å²) in [5, 5.41) is 3.42. The number of hydrogen-bond donors (Lipinski definition) is 1. The van der Waals surface area contributed by atoms with Gasteiger partial charge in [0.1, 0.15) is 13.2 Å². The van der Waals surface area contributed by atoms with Gasteiger partial charge in [-0.1, -0.05) is 22.0 Å². The first kappa shape index (κ1) is 13.3. The molecule has 1 heterocycles. The Morgan fingerprint density at radius 1 is 1.05 bits per heavy atom. The maximum absolute atomic E-state index is 5.59. The molecule has 2 aromatic rings. The first-order valence-corrected chi connectivity index (χ1v) is 7.40. The van der Waals surface area contributed by atoms with Crippen LogP contribution < -0.4 is 14.8 Å². The molecule has 0 bridgehead atoms. The maximum atomic E-state index is 5.59. The summed E-state index contributed by atoms with van der Waals surface area (Å²) in [7, 11) is 0. The highest BCUT2D eigenvalue weighted by Crippen LogP contribution is 2.31. The first-order chi connectivity index (χ1) is 9.72. The van der Waals surface area contributed by atoms with Crippen molar-refractivity contribution in [2.75, 3.05) is 18.5 Å². The molecule has 0 unspecified atom stereocenters. The van der Waals surface area contributed by atoms with Crippen LogP contribution in [0.2, 0.25) is 0 Å². The summed E-state index contributed by atoms with van der Waals surface area (Å²) in [5.41, 5.74) is 3.51. The highest BCUT2D eigenvalue weighted by atomic mass is 79.9. The number of aryl methyl sites for hydroxylation is 1. The molecule has 4 heteroatoms. The molecule has 1 N–H and O–H groups in total. The van der Waals surface area contributed by atoms with E-state index in [0.717, 1.165) is 28.2 Å². The Balaban J connectivity index is 1.70. The quantitative estimate of drug-likeness (QED) is 0.915. The van der Waals surface area contributed by atoms with E-state index in [-0.39, 0.29) is 0 Å². The molecular weight excluding hydrogens is 318 g/mol. The number of rotatable bonds is 3. The fraction of sp³-hybridized carbons (Fsp3) is 0.250. The summed E-state index contributed by atoms with van der Waals surface area (Å²) in [6.07, 6.45) is 0. The molecule has 0 atom stereocenters. The van der Waals surface area contributed by atoms with E-state index < -0.39 is 0 Å². The van der Waals surface area contributed by atoms with E-state index in [9.17, 15) is 0 Å². The average molecular weight is 334 g/mol. The molecule has 0 radical (unpaired) electrons. The van der Waals surface area contributed by atoms with Gasteiger partial charge in [-0.2, -0.15) is 0 Å². The monoisotopic (exact) mass is 333 g/mol. The van der Waals surface area contributed by atoms with Crippen molar-refractivity contribution in [3.05, 3.63) is 52.0 Å². The average Bonchev–Trinajstić information content (AvgIpc) is 2.48. The lowest BCUT2D eigenvalue weighted by Crippen LogP contribution is -2.15. The van der Waals surface area contributed by atoms with Gasteiger partial charge in [0.2, 0.25) is 0 Å². The van der Waals surface area contributed by atoms with Crippen LogP contribution in [-0.4, -0.2) is 13.2 Å². The third-order valence-electron chi connectivity index (χ3n) is 3.26.